The molecule has 0 saturated heterocycles. The fraction of sp³-hybridized carbons (Fsp3) is 0.571. The number of rotatable bonds is 5. The summed E-state index contributed by atoms with van der Waals surface area (Å²) in [5.41, 5.74) is 0.980. The van der Waals surface area contributed by atoms with Gasteiger partial charge in [-0.1, -0.05) is 54.7 Å². The molecule has 0 aromatic carbocycles. The van der Waals surface area contributed by atoms with Crippen LogP contribution in [0, 0.1) is 5.92 Å². The van der Waals surface area contributed by atoms with Crippen LogP contribution in [0.15, 0.2) is 46.3 Å². The summed E-state index contributed by atoms with van der Waals surface area (Å²) >= 11 is 2.33. The highest BCUT2D eigenvalue weighted by molar-refractivity contribution is 14.1. The molecular formula is C14H21IN2. The first-order chi connectivity index (χ1) is 8.26. The van der Waals surface area contributed by atoms with Crippen molar-refractivity contribution in [2.24, 2.45) is 16.1 Å². The second-order valence-corrected chi connectivity index (χ2v) is 5.20. The van der Waals surface area contributed by atoms with Crippen molar-refractivity contribution in [1.82, 2.24) is 0 Å². The molecule has 0 N–H and O–H groups in total. The van der Waals surface area contributed by atoms with Gasteiger partial charge in [0.1, 0.15) is 0 Å². The Kier molecular flexibility index (Phi) is 7.40. The smallest absolute Gasteiger partial charge is 0.0893 e. The van der Waals surface area contributed by atoms with E-state index in [1.54, 1.807) is 0 Å². The maximum atomic E-state index is 4.40. The molecule has 2 nitrogen and oxygen atoms in total. The van der Waals surface area contributed by atoms with Gasteiger partial charge in [-0.3, -0.25) is 0 Å². The number of halogens is 1. The van der Waals surface area contributed by atoms with Crippen LogP contribution in [0.4, 0.5) is 0 Å². The first-order valence-corrected chi connectivity index (χ1v) is 7.80. The molecule has 3 heteroatoms. The summed E-state index contributed by atoms with van der Waals surface area (Å²) in [5, 5.41) is 8.75. The van der Waals surface area contributed by atoms with E-state index >= 15 is 0 Å². The van der Waals surface area contributed by atoms with Gasteiger partial charge >= 0.3 is 0 Å². The largest absolute Gasteiger partial charge is 0.181 e. The minimum atomic E-state index is 0.277. The van der Waals surface area contributed by atoms with Crippen molar-refractivity contribution in [3.8, 4) is 0 Å². The van der Waals surface area contributed by atoms with Crippen LogP contribution in [0.3, 0.4) is 0 Å². The van der Waals surface area contributed by atoms with Crippen molar-refractivity contribution in [3.05, 3.63) is 36.1 Å². The Balaban J connectivity index is 2.58. The third-order valence-corrected chi connectivity index (χ3v) is 3.15. The molecule has 0 aromatic rings. The lowest BCUT2D eigenvalue weighted by Gasteiger charge is -2.15. The summed E-state index contributed by atoms with van der Waals surface area (Å²) in [7, 11) is 0. The van der Waals surface area contributed by atoms with E-state index in [1.807, 2.05) is 0 Å². The number of azo groups is 1. The molecule has 0 bridgehead atoms. The Bertz CT molecular complexity index is 329. The average molecular weight is 344 g/mol. The molecule has 94 valence electrons. The number of nitrogens with zero attached hydrogens (tertiary/aromatic N) is 2. The van der Waals surface area contributed by atoms with Crippen LogP contribution in [0.5, 0.6) is 0 Å². The number of alkyl halides is 1. The van der Waals surface area contributed by atoms with Gasteiger partial charge in [0.2, 0.25) is 0 Å². The molecule has 0 aliphatic heterocycles. The maximum absolute atomic E-state index is 4.40. The van der Waals surface area contributed by atoms with Gasteiger partial charge in [0.05, 0.1) is 11.7 Å². The summed E-state index contributed by atoms with van der Waals surface area (Å²) in [5.74, 6) is 0.700. The quantitative estimate of drug-likeness (QED) is 0.218. The molecule has 0 radical (unpaired) electrons. The van der Waals surface area contributed by atoms with Gasteiger partial charge in [0.25, 0.3) is 0 Å². The van der Waals surface area contributed by atoms with Gasteiger partial charge in [-0.15, -0.1) is 0 Å². The van der Waals surface area contributed by atoms with Crippen LogP contribution in [0.1, 0.15) is 33.1 Å². The Labute approximate surface area is 118 Å². The Morgan fingerprint density at radius 2 is 2.24 bits per heavy atom. The van der Waals surface area contributed by atoms with E-state index < -0.39 is 0 Å². The van der Waals surface area contributed by atoms with Crippen molar-refractivity contribution in [3.63, 3.8) is 0 Å². The van der Waals surface area contributed by atoms with Crippen LogP contribution in [0.2, 0.25) is 0 Å². The molecule has 0 aromatic heterocycles. The van der Waals surface area contributed by atoms with Gasteiger partial charge in [-0.05, 0) is 37.3 Å². The first-order valence-electron chi connectivity index (χ1n) is 6.28. The SMILES string of the molecule is CC/C=C\C(=C/CI)N=NC1C=CC(C)CC1. The second kappa shape index (κ2) is 8.61. The number of hydrogen-bond donors (Lipinski definition) is 0. The number of hydrogen-bond acceptors (Lipinski definition) is 2. The highest BCUT2D eigenvalue weighted by atomic mass is 127. The molecule has 1 rings (SSSR count). The topological polar surface area (TPSA) is 24.7 Å². The van der Waals surface area contributed by atoms with E-state index in [9.17, 15) is 0 Å². The zero-order valence-corrected chi connectivity index (χ0v) is 12.8. The van der Waals surface area contributed by atoms with E-state index in [0.717, 1.165) is 23.0 Å². The van der Waals surface area contributed by atoms with Crippen LogP contribution in [-0.4, -0.2) is 10.5 Å². The van der Waals surface area contributed by atoms with Gasteiger partial charge in [-0.25, -0.2) is 0 Å². The Morgan fingerprint density at radius 1 is 1.41 bits per heavy atom. The van der Waals surface area contributed by atoms with Crippen LogP contribution in [0.25, 0.3) is 0 Å². The van der Waals surface area contributed by atoms with Crippen LogP contribution >= 0.6 is 22.6 Å². The molecule has 0 heterocycles. The molecule has 2 unspecified atom stereocenters. The maximum Gasteiger partial charge on any atom is 0.0893 e. The lowest BCUT2D eigenvalue weighted by atomic mass is 9.95. The van der Waals surface area contributed by atoms with Crippen molar-refractivity contribution >= 4 is 22.6 Å². The molecule has 1 aliphatic rings. The van der Waals surface area contributed by atoms with Gasteiger partial charge in [0.15, 0.2) is 0 Å². The standard InChI is InChI=1S/C14H21IN2/c1-3-4-5-13(10-11-15)16-17-14-8-6-12(2)7-9-14/h4-6,8,10,12,14H,3,7,9,11H2,1-2H3/b5-4-,13-10+,17-16?. The summed E-state index contributed by atoms with van der Waals surface area (Å²) in [4.78, 5) is 0. The summed E-state index contributed by atoms with van der Waals surface area (Å²) in [6.07, 6.45) is 14.1. The molecule has 0 fully saturated rings. The van der Waals surface area contributed by atoms with Crippen molar-refractivity contribution in [2.45, 2.75) is 39.2 Å². The molecule has 2 atom stereocenters. The highest BCUT2D eigenvalue weighted by Crippen LogP contribution is 2.19. The minimum Gasteiger partial charge on any atom is -0.181 e. The predicted molar refractivity (Wildman–Crippen MR) is 82.6 cm³/mol. The van der Waals surface area contributed by atoms with E-state index in [2.05, 4.69) is 77.0 Å². The molecular weight excluding hydrogens is 323 g/mol. The third kappa shape index (κ3) is 6.15. The normalized spacial score (nSPS) is 26.2. The lowest BCUT2D eigenvalue weighted by Crippen LogP contribution is -2.08. The van der Waals surface area contributed by atoms with Crippen molar-refractivity contribution in [2.75, 3.05) is 4.43 Å². The number of allylic oxidation sites excluding steroid dienone is 4. The monoisotopic (exact) mass is 344 g/mol. The molecule has 0 saturated carbocycles. The molecule has 0 amide bonds. The van der Waals surface area contributed by atoms with E-state index in [0.29, 0.717) is 5.92 Å². The second-order valence-electron chi connectivity index (χ2n) is 4.32. The third-order valence-electron chi connectivity index (χ3n) is 2.71. The minimum absolute atomic E-state index is 0.277. The first kappa shape index (κ1) is 14.6. The Morgan fingerprint density at radius 3 is 2.82 bits per heavy atom. The van der Waals surface area contributed by atoms with Gasteiger partial charge < -0.3 is 0 Å². The average Bonchev–Trinajstić information content (AvgIpc) is 2.35. The van der Waals surface area contributed by atoms with Crippen LogP contribution in [-0.2, 0) is 0 Å². The molecule has 1 aliphatic carbocycles. The molecule has 17 heavy (non-hydrogen) atoms. The fourth-order valence-corrected chi connectivity index (χ4v) is 2.09. The van der Waals surface area contributed by atoms with E-state index in [1.165, 1.54) is 6.42 Å². The van der Waals surface area contributed by atoms with Gasteiger partial charge in [0, 0.05) is 4.43 Å². The van der Waals surface area contributed by atoms with Crippen LogP contribution < -0.4 is 0 Å². The summed E-state index contributed by atoms with van der Waals surface area (Å²) in [6, 6.07) is 0.277. The molecule has 0 spiro atoms. The fourth-order valence-electron chi connectivity index (χ4n) is 1.64. The zero-order chi connectivity index (χ0) is 12.5. The highest BCUT2D eigenvalue weighted by Gasteiger charge is 2.11. The van der Waals surface area contributed by atoms with Crippen molar-refractivity contribution < 1.29 is 0 Å². The summed E-state index contributed by atoms with van der Waals surface area (Å²) < 4.78 is 0.970. The predicted octanol–water partition coefficient (Wildman–Crippen LogP) is 5.08. The Hall–Kier alpha value is -0.450. The lowest BCUT2D eigenvalue weighted by molar-refractivity contribution is 0.532. The summed E-state index contributed by atoms with van der Waals surface area (Å²) in [6.45, 7) is 4.37. The van der Waals surface area contributed by atoms with Gasteiger partial charge in [-0.2, -0.15) is 10.2 Å². The van der Waals surface area contributed by atoms with Crippen molar-refractivity contribution in [1.29, 1.82) is 0 Å². The van der Waals surface area contributed by atoms with E-state index in [4.69, 9.17) is 0 Å². The van der Waals surface area contributed by atoms with E-state index in [-0.39, 0.29) is 6.04 Å². The zero-order valence-electron chi connectivity index (χ0n) is 10.6.